The first-order valence-corrected chi connectivity index (χ1v) is 6.87. The van der Waals surface area contributed by atoms with Crippen molar-refractivity contribution in [2.75, 3.05) is 0 Å². The largest absolute Gasteiger partial charge is 0.247 e. The second kappa shape index (κ2) is 3.53. The highest BCUT2D eigenvalue weighted by Crippen LogP contribution is 2.38. The zero-order valence-corrected chi connectivity index (χ0v) is 10.8. The first-order valence-electron chi connectivity index (χ1n) is 5.99. The van der Waals surface area contributed by atoms with Crippen molar-refractivity contribution in [3.8, 4) is 11.3 Å². The lowest BCUT2D eigenvalue weighted by molar-refractivity contribution is 1.45. The van der Waals surface area contributed by atoms with Crippen molar-refractivity contribution in [1.29, 1.82) is 0 Å². The predicted molar refractivity (Wildman–Crippen MR) is 78.5 cm³/mol. The molecule has 0 fully saturated rings. The van der Waals surface area contributed by atoms with E-state index in [9.17, 15) is 0 Å². The van der Waals surface area contributed by atoms with E-state index >= 15 is 0 Å². The molecule has 0 radical (unpaired) electrons. The maximum absolute atomic E-state index is 4.81. The van der Waals surface area contributed by atoms with Crippen molar-refractivity contribution < 1.29 is 0 Å². The van der Waals surface area contributed by atoms with Crippen molar-refractivity contribution in [3.63, 3.8) is 0 Å². The molecule has 2 heterocycles. The van der Waals surface area contributed by atoms with Crippen molar-refractivity contribution in [2.24, 2.45) is 0 Å². The maximum Gasteiger partial charge on any atom is 0.0810 e. The van der Waals surface area contributed by atoms with E-state index in [2.05, 4.69) is 54.8 Å². The third-order valence-electron chi connectivity index (χ3n) is 3.38. The van der Waals surface area contributed by atoms with Crippen LogP contribution in [0, 0.1) is 6.92 Å². The minimum Gasteiger partial charge on any atom is -0.247 e. The number of benzene rings is 2. The molecule has 1 nitrogen and oxygen atoms in total. The molecule has 0 amide bonds. The second-order valence-corrected chi connectivity index (χ2v) is 5.54. The van der Waals surface area contributed by atoms with Gasteiger partial charge in [0.15, 0.2) is 0 Å². The highest BCUT2D eigenvalue weighted by Gasteiger charge is 2.14. The molecule has 0 aliphatic carbocycles. The van der Waals surface area contributed by atoms with Crippen LogP contribution in [0.25, 0.3) is 32.2 Å². The van der Waals surface area contributed by atoms with Crippen LogP contribution < -0.4 is 0 Å². The highest BCUT2D eigenvalue weighted by molar-refractivity contribution is 7.17. The number of rotatable bonds is 0. The molecule has 0 saturated heterocycles. The van der Waals surface area contributed by atoms with Crippen molar-refractivity contribution in [3.05, 3.63) is 53.4 Å². The Hall–Kier alpha value is -1.93. The minimum absolute atomic E-state index is 1.11. The summed E-state index contributed by atoms with van der Waals surface area (Å²) < 4.78 is 1.30. The smallest absolute Gasteiger partial charge is 0.0810 e. The van der Waals surface area contributed by atoms with Gasteiger partial charge in [0.1, 0.15) is 0 Å². The number of hydrogen-bond donors (Lipinski definition) is 0. The summed E-state index contributed by atoms with van der Waals surface area (Å²) in [5.41, 5.74) is 4.77. The van der Waals surface area contributed by atoms with E-state index in [0.717, 1.165) is 11.2 Å². The lowest BCUT2D eigenvalue weighted by Crippen LogP contribution is -1.78. The molecule has 2 aromatic carbocycles. The summed E-state index contributed by atoms with van der Waals surface area (Å²) in [7, 11) is 0. The van der Waals surface area contributed by atoms with Gasteiger partial charge in [-0.25, -0.2) is 4.98 Å². The lowest BCUT2D eigenvalue weighted by Gasteiger charge is -2.02. The van der Waals surface area contributed by atoms with Gasteiger partial charge in [-0.1, -0.05) is 30.3 Å². The van der Waals surface area contributed by atoms with Crippen LogP contribution in [-0.4, -0.2) is 4.98 Å². The third-order valence-corrected chi connectivity index (χ3v) is 4.34. The van der Waals surface area contributed by atoms with Gasteiger partial charge in [-0.05, 0) is 24.6 Å². The molecule has 2 heteroatoms. The van der Waals surface area contributed by atoms with E-state index in [1.54, 1.807) is 11.3 Å². The predicted octanol–water partition coefficient (Wildman–Crippen LogP) is 4.86. The van der Waals surface area contributed by atoms with Crippen molar-refractivity contribution in [1.82, 2.24) is 4.98 Å². The molecule has 2 aliphatic rings. The maximum atomic E-state index is 4.81. The first-order chi connectivity index (χ1) is 8.83. The van der Waals surface area contributed by atoms with E-state index in [1.807, 2.05) is 0 Å². The molecule has 4 rings (SSSR count). The van der Waals surface area contributed by atoms with Gasteiger partial charge in [0, 0.05) is 26.4 Å². The Balaban J connectivity index is 2.24. The summed E-state index contributed by atoms with van der Waals surface area (Å²) in [6.07, 6.45) is 0. The van der Waals surface area contributed by atoms with E-state index in [1.165, 1.54) is 26.6 Å². The molecule has 0 unspecified atom stereocenters. The Morgan fingerprint density at radius 3 is 2.83 bits per heavy atom. The summed E-state index contributed by atoms with van der Waals surface area (Å²) in [5, 5.41) is 4.74. The van der Waals surface area contributed by atoms with E-state index in [-0.39, 0.29) is 0 Å². The molecule has 0 saturated carbocycles. The number of hydrogen-bond acceptors (Lipinski definition) is 2. The van der Waals surface area contributed by atoms with Gasteiger partial charge in [0.25, 0.3) is 0 Å². The first kappa shape index (κ1) is 10.0. The molecule has 0 atom stereocenters. The van der Waals surface area contributed by atoms with Gasteiger partial charge in [-0.3, -0.25) is 0 Å². The van der Waals surface area contributed by atoms with Crippen LogP contribution >= 0.6 is 11.3 Å². The summed E-state index contributed by atoms with van der Waals surface area (Å²) in [6.45, 7) is 2.11. The molecule has 0 spiro atoms. The fraction of sp³-hybridized carbons (Fsp3) is 0.0625. The Morgan fingerprint density at radius 2 is 1.89 bits per heavy atom. The molecule has 0 N–H and O–H groups in total. The van der Waals surface area contributed by atoms with E-state index in [4.69, 9.17) is 4.98 Å². The lowest BCUT2D eigenvalue weighted by atomic mass is 10.1. The van der Waals surface area contributed by atoms with Gasteiger partial charge in [-0.2, -0.15) is 0 Å². The van der Waals surface area contributed by atoms with Gasteiger partial charge in [-0.15, -0.1) is 11.3 Å². The fourth-order valence-corrected chi connectivity index (χ4v) is 3.41. The van der Waals surface area contributed by atoms with Crippen LogP contribution in [-0.2, 0) is 0 Å². The highest BCUT2D eigenvalue weighted by atomic mass is 32.1. The van der Waals surface area contributed by atoms with Crippen LogP contribution in [0.2, 0.25) is 0 Å². The molecule has 18 heavy (non-hydrogen) atoms. The number of fused-ring (bicyclic) bond motifs is 5. The van der Waals surface area contributed by atoms with Crippen molar-refractivity contribution >= 4 is 32.3 Å². The number of aromatic nitrogens is 1. The topological polar surface area (TPSA) is 12.9 Å². The average molecular weight is 249 g/mol. The standard InChI is InChI=1S/C16H11NS/c1-10-6-7-11-13-9-18-15-5-3-2-4-12(15)16(13)17-14(11)8-10/h2-9H,1H3. The van der Waals surface area contributed by atoms with Crippen molar-refractivity contribution in [2.45, 2.75) is 6.92 Å². The van der Waals surface area contributed by atoms with Gasteiger partial charge < -0.3 is 0 Å². The van der Waals surface area contributed by atoms with Gasteiger partial charge >= 0.3 is 0 Å². The Bertz CT molecular complexity index is 844. The van der Waals surface area contributed by atoms with Crippen LogP contribution in [0.4, 0.5) is 0 Å². The minimum atomic E-state index is 1.11. The molecule has 0 bridgehead atoms. The molecular formula is C16H11NS. The SMILES string of the molecule is Cc1ccc2c3csc4ccccc4c-3nc2c1. The van der Waals surface area contributed by atoms with Crippen LogP contribution in [0.5, 0.6) is 0 Å². The fourth-order valence-electron chi connectivity index (χ4n) is 2.48. The summed E-state index contributed by atoms with van der Waals surface area (Å²) >= 11 is 1.79. The molecule has 2 aromatic rings. The Labute approximate surface area is 109 Å². The zero-order chi connectivity index (χ0) is 12.1. The number of aryl methyl sites for hydroxylation is 1. The normalized spacial score (nSPS) is 11.6. The van der Waals surface area contributed by atoms with Crippen LogP contribution in [0.3, 0.4) is 0 Å². The molecule has 86 valence electrons. The van der Waals surface area contributed by atoms with E-state index in [0.29, 0.717) is 0 Å². The Morgan fingerprint density at radius 1 is 1.00 bits per heavy atom. The molecular weight excluding hydrogens is 238 g/mol. The number of nitrogens with zero attached hydrogens (tertiary/aromatic N) is 1. The average Bonchev–Trinajstić information content (AvgIpc) is 2.76. The molecule has 2 aliphatic heterocycles. The quantitative estimate of drug-likeness (QED) is 0.433. The van der Waals surface area contributed by atoms with Crippen LogP contribution in [0.15, 0.2) is 47.8 Å². The summed E-state index contributed by atoms with van der Waals surface area (Å²) in [5.74, 6) is 0. The van der Waals surface area contributed by atoms with Crippen LogP contribution in [0.1, 0.15) is 5.56 Å². The monoisotopic (exact) mass is 249 g/mol. The second-order valence-electron chi connectivity index (χ2n) is 4.63. The molecule has 0 aromatic heterocycles. The third kappa shape index (κ3) is 1.30. The summed E-state index contributed by atoms with van der Waals surface area (Å²) in [6, 6.07) is 15.0. The van der Waals surface area contributed by atoms with Gasteiger partial charge in [0.2, 0.25) is 0 Å². The zero-order valence-electron chi connectivity index (χ0n) is 9.97. The van der Waals surface area contributed by atoms with E-state index < -0.39 is 0 Å². The van der Waals surface area contributed by atoms with Gasteiger partial charge in [0.05, 0.1) is 11.2 Å². The Kier molecular flexibility index (Phi) is 1.97. The summed E-state index contributed by atoms with van der Waals surface area (Å²) in [4.78, 5) is 4.81.